The van der Waals surface area contributed by atoms with Crippen molar-refractivity contribution in [2.45, 2.75) is 44.2 Å². The van der Waals surface area contributed by atoms with E-state index in [1.54, 1.807) is 4.90 Å². The zero-order valence-electron chi connectivity index (χ0n) is 11.3. The molecule has 2 atom stereocenters. The number of carbonyl (C=O) groups excluding carboxylic acids is 1. The molecule has 0 aromatic carbocycles. The first-order valence-corrected chi connectivity index (χ1v) is 8.68. The lowest BCUT2D eigenvalue weighted by Crippen LogP contribution is -2.54. The molecule has 1 unspecified atom stereocenters. The van der Waals surface area contributed by atoms with Crippen LogP contribution in [0.3, 0.4) is 0 Å². The van der Waals surface area contributed by atoms with Crippen LogP contribution in [0, 0.1) is 0 Å². The summed E-state index contributed by atoms with van der Waals surface area (Å²) < 4.78 is 24.9. The molecule has 6 nitrogen and oxygen atoms in total. The molecule has 0 spiro atoms. The number of nitrogens with zero attached hydrogens (tertiary/aromatic N) is 2. The summed E-state index contributed by atoms with van der Waals surface area (Å²) in [5, 5.41) is 9.28. The molecule has 0 bridgehead atoms. The van der Waals surface area contributed by atoms with Crippen LogP contribution in [0.5, 0.6) is 0 Å². The molecule has 19 heavy (non-hydrogen) atoms. The van der Waals surface area contributed by atoms with Crippen molar-refractivity contribution in [3.63, 3.8) is 0 Å². The van der Waals surface area contributed by atoms with Crippen LogP contribution in [-0.4, -0.2) is 66.7 Å². The topological polar surface area (TPSA) is 77.9 Å². The van der Waals surface area contributed by atoms with E-state index in [9.17, 15) is 18.3 Å². The Kier molecular flexibility index (Phi) is 4.47. The molecule has 1 N–H and O–H groups in total. The number of carbonyl (C=O) groups is 1. The van der Waals surface area contributed by atoms with Gasteiger partial charge >= 0.3 is 0 Å². The van der Waals surface area contributed by atoms with Gasteiger partial charge < -0.3 is 10.0 Å². The van der Waals surface area contributed by atoms with Gasteiger partial charge in [0, 0.05) is 13.1 Å². The van der Waals surface area contributed by atoms with Gasteiger partial charge in [-0.25, -0.2) is 8.42 Å². The van der Waals surface area contributed by atoms with E-state index in [-0.39, 0.29) is 18.6 Å². The van der Waals surface area contributed by atoms with Crippen molar-refractivity contribution in [1.29, 1.82) is 0 Å². The quantitative estimate of drug-likeness (QED) is 0.780. The summed E-state index contributed by atoms with van der Waals surface area (Å²) in [5.41, 5.74) is 0. The Bertz CT molecular complexity index is 437. The van der Waals surface area contributed by atoms with Crippen LogP contribution in [-0.2, 0) is 14.8 Å². The second kappa shape index (κ2) is 5.76. The smallest absolute Gasteiger partial charge is 0.241 e. The molecule has 1 amide bonds. The maximum absolute atomic E-state index is 12.5. The highest BCUT2D eigenvalue weighted by Crippen LogP contribution is 2.25. The fraction of sp³-hybridized carbons (Fsp3) is 0.917. The van der Waals surface area contributed by atoms with Gasteiger partial charge in [-0.3, -0.25) is 4.79 Å². The third-order valence-electron chi connectivity index (χ3n) is 4.04. The summed E-state index contributed by atoms with van der Waals surface area (Å²) in [5.74, 6) is -0.137. The van der Waals surface area contributed by atoms with Gasteiger partial charge in [-0.2, -0.15) is 4.31 Å². The van der Waals surface area contributed by atoms with E-state index in [0.29, 0.717) is 19.5 Å². The van der Waals surface area contributed by atoms with Gasteiger partial charge in [0.05, 0.1) is 18.9 Å². The zero-order chi connectivity index (χ0) is 14.0. The number of amides is 1. The van der Waals surface area contributed by atoms with Gasteiger partial charge in [-0.05, 0) is 25.7 Å². The van der Waals surface area contributed by atoms with Crippen molar-refractivity contribution >= 4 is 15.9 Å². The Labute approximate surface area is 114 Å². The Morgan fingerprint density at radius 2 is 1.95 bits per heavy atom. The Hall–Kier alpha value is -0.660. The summed E-state index contributed by atoms with van der Waals surface area (Å²) in [7, 11) is -3.35. The molecule has 0 saturated carbocycles. The van der Waals surface area contributed by atoms with E-state index in [0.717, 1.165) is 31.9 Å². The SMILES string of the molecule is CS(=O)(=O)N1CCCCC1C(=O)N1CCC[C@H]1CO. The Morgan fingerprint density at radius 3 is 2.58 bits per heavy atom. The molecule has 2 heterocycles. The van der Waals surface area contributed by atoms with Gasteiger partial charge in [-0.15, -0.1) is 0 Å². The lowest BCUT2D eigenvalue weighted by molar-refractivity contribution is -0.137. The summed E-state index contributed by atoms with van der Waals surface area (Å²) in [6, 6.07) is -0.716. The van der Waals surface area contributed by atoms with Crippen molar-refractivity contribution in [2.75, 3.05) is 26.0 Å². The molecule has 0 aromatic rings. The molecular formula is C12H22N2O4S. The van der Waals surface area contributed by atoms with Crippen LogP contribution in [0.25, 0.3) is 0 Å². The monoisotopic (exact) mass is 290 g/mol. The van der Waals surface area contributed by atoms with Crippen molar-refractivity contribution in [3.05, 3.63) is 0 Å². The lowest BCUT2D eigenvalue weighted by Gasteiger charge is -2.36. The van der Waals surface area contributed by atoms with E-state index in [1.807, 2.05) is 0 Å². The molecule has 7 heteroatoms. The standard InChI is InChI=1S/C12H22N2O4S/c1-19(17,18)14-8-3-2-6-11(14)12(16)13-7-4-5-10(13)9-15/h10-11,15H,2-9H2,1H3/t10-,11?/m0/s1. The molecule has 2 rings (SSSR count). The van der Waals surface area contributed by atoms with Crippen LogP contribution in [0.4, 0.5) is 0 Å². The van der Waals surface area contributed by atoms with E-state index in [2.05, 4.69) is 0 Å². The molecule has 2 fully saturated rings. The minimum atomic E-state index is -3.35. The van der Waals surface area contributed by atoms with Gasteiger partial charge in [0.25, 0.3) is 0 Å². The average molecular weight is 290 g/mol. The van der Waals surface area contributed by atoms with Crippen molar-refractivity contribution < 1.29 is 18.3 Å². The van der Waals surface area contributed by atoms with Crippen molar-refractivity contribution in [1.82, 2.24) is 9.21 Å². The third-order valence-corrected chi connectivity index (χ3v) is 5.32. The number of aliphatic hydroxyl groups excluding tert-OH is 1. The first-order valence-electron chi connectivity index (χ1n) is 6.83. The predicted octanol–water partition coefficient (Wildman–Crippen LogP) is -0.216. The molecule has 2 saturated heterocycles. The predicted molar refractivity (Wildman–Crippen MR) is 71.0 cm³/mol. The number of piperidine rings is 1. The van der Waals surface area contributed by atoms with E-state index in [4.69, 9.17) is 0 Å². The largest absolute Gasteiger partial charge is 0.394 e. The van der Waals surface area contributed by atoms with E-state index >= 15 is 0 Å². The molecule has 0 aromatic heterocycles. The molecular weight excluding hydrogens is 268 g/mol. The maximum Gasteiger partial charge on any atom is 0.241 e. The normalized spacial score (nSPS) is 29.7. The fourth-order valence-corrected chi connectivity index (χ4v) is 4.17. The third kappa shape index (κ3) is 3.09. The van der Waals surface area contributed by atoms with Crippen LogP contribution in [0.15, 0.2) is 0 Å². The highest BCUT2D eigenvalue weighted by Gasteiger charge is 2.39. The number of aliphatic hydroxyl groups is 1. The van der Waals surface area contributed by atoms with Crippen LogP contribution in [0.1, 0.15) is 32.1 Å². The van der Waals surface area contributed by atoms with E-state index < -0.39 is 16.1 Å². The molecule has 2 aliphatic rings. The second-order valence-electron chi connectivity index (χ2n) is 5.40. The van der Waals surface area contributed by atoms with Crippen LogP contribution in [0.2, 0.25) is 0 Å². The Morgan fingerprint density at radius 1 is 1.21 bits per heavy atom. The Balaban J connectivity index is 2.16. The maximum atomic E-state index is 12.5. The van der Waals surface area contributed by atoms with Crippen molar-refractivity contribution in [3.8, 4) is 0 Å². The highest BCUT2D eigenvalue weighted by atomic mass is 32.2. The van der Waals surface area contributed by atoms with Gasteiger partial charge in [0.2, 0.25) is 15.9 Å². The first-order chi connectivity index (χ1) is 8.95. The highest BCUT2D eigenvalue weighted by molar-refractivity contribution is 7.88. The number of hydrogen-bond donors (Lipinski definition) is 1. The van der Waals surface area contributed by atoms with Gasteiger partial charge in [-0.1, -0.05) is 6.42 Å². The summed E-state index contributed by atoms with van der Waals surface area (Å²) in [6.07, 6.45) is 5.10. The lowest BCUT2D eigenvalue weighted by atomic mass is 10.0. The molecule has 2 aliphatic heterocycles. The molecule has 0 aliphatic carbocycles. The number of likely N-dealkylation sites (tertiary alicyclic amines) is 1. The summed E-state index contributed by atoms with van der Waals surface area (Å²) in [6.45, 7) is 1.00. The number of hydrogen-bond acceptors (Lipinski definition) is 4. The molecule has 110 valence electrons. The average Bonchev–Trinajstić information content (AvgIpc) is 2.85. The van der Waals surface area contributed by atoms with Crippen molar-refractivity contribution in [2.24, 2.45) is 0 Å². The first kappa shape index (κ1) is 14.7. The van der Waals surface area contributed by atoms with Gasteiger partial charge in [0.1, 0.15) is 6.04 Å². The van der Waals surface area contributed by atoms with E-state index in [1.165, 1.54) is 4.31 Å². The minimum absolute atomic E-state index is 0.0443. The summed E-state index contributed by atoms with van der Waals surface area (Å²) in [4.78, 5) is 14.2. The number of rotatable bonds is 3. The van der Waals surface area contributed by atoms with Crippen LogP contribution >= 0.6 is 0 Å². The second-order valence-corrected chi connectivity index (χ2v) is 7.33. The summed E-state index contributed by atoms with van der Waals surface area (Å²) >= 11 is 0. The van der Waals surface area contributed by atoms with Crippen LogP contribution < -0.4 is 0 Å². The molecule has 0 radical (unpaired) electrons. The minimum Gasteiger partial charge on any atom is -0.394 e. The number of sulfonamides is 1. The fourth-order valence-electron chi connectivity index (χ4n) is 3.06. The van der Waals surface area contributed by atoms with Gasteiger partial charge in [0.15, 0.2) is 0 Å². The zero-order valence-corrected chi connectivity index (χ0v) is 12.1.